The summed E-state index contributed by atoms with van der Waals surface area (Å²) in [4.78, 5) is 2.24. The fraction of sp³-hybridized carbons (Fsp3) is 0.233. The average molecular weight is 612 g/mol. The number of nitrogens with zero attached hydrogens (tertiary/aromatic N) is 2. The molecule has 0 spiro atoms. The minimum atomic E-state index is -4.27. The minimum absolute atomic E-state index is 0.178. The summed E-state index contributed by atoms with van der Waals surface area (Å²) in [6, 6.07) is 22.9. The Hall–Kier alpha value is -3.36. The number of hydrogen-bond donors (Lipinski definition) is 0. The van der Waals surface area contributed by atoms with Crippen molar-refractivity contribution in [3.63, 3.8) is 0 Å². The zero-order chi connectivity index (χ0) is 28.2. The Kier molecular flexibility index (Phi) is 8.97. The first kappa shape index (κ1) is 28.6. The molecule has 0 saturated carbocycles. The van der Waals surface area contributed by atoms with Gasteiger partial charge in [-0.3, -0.25) is 0 Å². The Balaban J connectivity index is 0.000000270. The third-order valence-corrected chi connectivity index (χ3v) is 9.61. The molecule has 0 radical (unpaired) electrons. The van der Waals surface area contributed by atoms with Crippen LogP contribution in [-0.2, 0) is 16.7 Å². The van der Waals surface area contributed by atoms with Gasteiger partial charge >= 0.3 is 173 Å². The third kappa shape index (κ3) is 6.45. The number of rotatable bonds is 6. The summed E-state index contributed by atoms with van der Waals surface area (Å²) in [6.45, 7) is 8.09. The molecule has 0 unspecified atom stereocenters. The van der Waals surface area contributed by atoms with E-state index in [0.29, 0.717) is 0 Å². The number of aromatic nitrogens is 1. The molecular weight excluding hydrogens is 579 g/mol. The van der Waals surface area contributed by atoms with E-state index in [9.17, 15) is 13.0 Å². The molecule has 3 aromatic carbocycles. The van der Waals surface area contributed by atoms with Crippen molar-refractivity contribution in [2.45, 2.75) is 32.2 Å². The van der Waals surface area contributed by atoms with Crippen molar-refractivity contribution >= 4 is 52.2 Å². The Morgan fingerprint density at radius 1 is 0.923 bits per heavy atom. The predicted octanol–water partition coefficient (Wildman–Crippen LogP) is 4.23. The van der Waals surface area contributed by atoms with Crippen molar-refractivity contribution in [2.24, 2.45) is 0 Å². The topological polar surface area (TPSA) is 82.8 Å². The van der Waals surface area contributed by atoms with E-state index in [-0.39, 0.29) is 19.9 Å². The summed E-state index contributed by atoms with van der Waals surface area (Å²) in [6.07, 6.45) is 2.35. The van der Waals surface area contributed by atoms with Crippen molar-refractivity contribution in [1.82, 2.24) is 0 Å². The second kappa shape index (κ2) is 12.2. The first-order valence-corrected chi connectivity index (χ1v) is 15.7. The van der Waals surface area contributed by atoms with Crippen LogP contribution in [0.1, 0.15) is 25.1 Å². The van der Waals surface area contributed by atoms with Crippen LogP contribution in [0.4, 0.5) is 5.69 Å². The van der Waals surface area contributed by atoms with E-state index in [0.717, 1.165) is 30.2 Å². The third-order valence-electron chi connectivity index (χ3n) is 6.42. The molecule has 0 atom stereocenters. The van der Waals surface area contributed by atoms with Crippen molar-refractivity contribution in [3.05, 3.63) is 88.6 Å². The molecule has 7 nitrogen and oxygen atoms in total. The van der Waals surface area contributed by atoms with Crippen LogP contribution in [0.3, 0.4) is 0 Å². The van der Waals surface area contributed by atoms with Gasteiger partial charge in [-0.15, -0.1) is 0 Å². The molecule has 0 aliphatic carbocycles. The van der Waals surface area contributed by atoms with Gasteiger partial charge in [0.15, 0.2) is 0 Å². The maximum atomic E-state index is 10.4. The molecule has 1 aromatic heterocycles. The molecule has 2 heterocycles. The zero-order valence-electron chi connectivity index (χ0n) is 22.7. The number of hydrogen-bond acceptors (Lipinski definition) is 6. The monoisotopic (exact) mass is 612 g/mol. The first-order valence-electron chi connectivity index (χ1n) is 12.6. The number of anilines is 1. The summed E-state index contributed by atoms with van der Waals surface area (Å²) in [5.74, 6) is 1.81. The maximum absolute atomic E-state index is 10.4. The molecule has 1 aliphatic rings. The second-order valence-corrected chi connectivity index (χ2v) is 12.5. The van der Waals surface area contributed by atoms with E-state index < -0.39 is 10.1 Å². The van der Waals surface area contributed by atoms with Gasteiger partial charge in [-0.2, -0.15) is 0 Å². The molecule has 0 N–H and O–H groups in total. The quantitative estimate of drug-likeness (QED) is 0.185. The van der Waals surface area contributed by atoms with E-state index in [1.54, 1.807) is 26.4 Å². The number of fused-ring (bicyclic) bond motifs is 2. The van der Waals surface area contributed by atoms with Gasteiger partial charge in [-0.1, -0.05) is 17.7 Å². The minimum Gasteiger partial charge on any atom is -0.744 e. The van der Waals surface area contributed by atoms with Crippen LogP contribution < -0.4 is 23.4 Å². The van der Waals surface area contributed by atoms with Gasteiger partial charge in [-0.05, 0) is 19.1 Å². The summed E-state index contributed by atoms with van der Waals surface area (Å²) in [5.41, 5.74) is 4.67. The number of ether oxygens (including phenoxy) is 2. The van der Waals surface area contributed by atoms with Crippen LogP contribution in [0.2, 0.25) is 0 Å². The van der Waals surface area contributed by atoms with Crippen molar-refractivity contribution < 1.29 is 27.0 Å². The second-order valence-electron chi connectivity index (χ2n) is 8.86. The first-order chi connectivity index (χ1) is 18.7. The molecule has 0 amide bonds. The van der Waals surface area contributed by atoms with Gasteiger partial charge in [0.1, 0.15) is 10.1 Å². The van der Waals surface area contributed by atoms with E-state index in [1.165, 1.54) is 43.5 Å². The zero-order valence-corrected chi connectivity index (χ0v) is 25.2. The van der Waals surface area contributed by atoms with Crippen molar-refractivity contribution in [2.75, 3.05) is 25.7 Å². The van der Waals surface area contributed by atoms with Crippen LogP contribution in [-0.4, -0.2) is 48.7 Å². The fourth-order valence-electron chi connectivity index (χ4n) is 4.39. The molecule has 0 bridgehead atoms. The molecule has 1 aliphatic heterocycles. The molecule has 4 aromatic rings. The Labute approximate surface area is 236 Å². The Morgan fingerprint density at radius 3 is 2.21 bits per heavy atom. The normalized spacial score (nSPS) is 13.7. The van der Waals surface area contributed by atoms with Crippen LogP contribution in [0, 0.1) is 6.92 Å². The molecule has 39 heavy (non-hydrogen) atoms. The smallest absolute Gasteiger partial charge is 0.124 e. The number of pyridine rings is 1. The van der Waals surface area contributed by atoms with E-state index in [2.05, 4.69) is 71.9 Å². The van der Waals surface area contributed by atoms with Gasteiger partial charge < -0.3 is 4.55 Å². The van der Waals surface area contributed by atoms with Crippen LogP contribution in [0.15, 0.2) is 82.3 Å². The SMILES string of the molecule is CCN1/C(=C\c2ccc3cc(OC)ccc3[n+]2CC)[Se]c2ccc(OC)cc21.Cc1ccc(S(=O)(=O)[O-])cc1. The number of benzene rings is 3. The summed E-state index contributed by atoms with van der Waals surface area (Å²) < 4.78 is 47.1. The van der Waals surface area contributed by atoms with Gasteiger partial charge in [0.25, 0.3) is 0 Å². The van der Waals surface area contributed by atoms with Gasteiger partial charge in [-0.25, -0.2) is 8.42 Å². The van der Waals surface area contributed by atoms with Gasteiger partial charge in [0, 0.05) is 0 Å². The van der Waals surface area contributed by atoms with Crippen molar-refractivity contribution in [1.29, 1.82) is 0 Å². The molecule has 9 heteroatoms. The summed E-state index contributed by atoms with van der Waals surface area (Å²) in [7, 11) is -0.834. The Bertz CT molecular complexity index is 1620. The molecular formula is C30H32N2O5SSe. The van der Waals surface area contributed by atoms with E-state index >= 15 is 0 Å². The molecule has 0 fully saturated rings. The number of methoxy groups -OCH3 is 2. The maximum Gasteiger partial charge on any atom is 0.124 e. The van der Waals surface area contributed by atoms with Crippen LogP contribution in [0.25, 0.3) is 17.0 Å². The van der Waals surface area contributed by atoms with Gasteiger partial charge in [0.05, 0.1) is 4.90 Å². The Morgan fingerprint density at radius 2 is 1.59 bits per heavy atom. The summed E-state index contributed by atoms with van der Waals surface area (Å²) in [5, 5.41) is 1.20. The predicted molar refractivity (Wildman–Crippen MR) is 155 cm³/mol. The number of aryl methyl sites for hydroxylation is 2. The molecule has 0 saturated heterocycles. The van der Waals surface area contributed by atoms with Crippen LogP contribution in [0.5, 0.6) is 11.5 Å². The van der Waals surface area contributed by atoms with Crippen molar-refractivity contribution in [3.8, 4) is 11.5 Å². The summed E-state index contributed by atoms with van der Waals surface area (Å²) >= 11 is 0.290. The molecule has 204 valence electrons. The largest absolute Gasteiger partial charge is 0.744 e. The van der Waals surface area contributed by atoms with Gasteiger partial charge in [0.2, 0.25) is 0 Å². The average Bonchev–Trinajstić information content (AvgIpc) is 3.28. The van der Waals surface area contributed by atoms with E-state index in [4.69, 9.17) is 9.47 Å². The standard InChI is InChI=1S/C23H25N2O2Se.C7H8O3S/c1-5-24-17(8-7-16-13-18(26-3)9-11-20(16)24)14-23-25(6-2)21-15-19(27-4)10-12-22(21)28-23;1-6-2-4-7(5-3-6)11(8,9)10/h7-15H,5-6H2,1-4H3;2-5H,1H3,(H,8,9,10)/q+1;/p-1. The molecule has 5 rings (SSSR count). The van der Waals surface area contributed by atoms with E-state index in [1.807, 2.05) is 13.0 Å². The fourth-order valence-corrected chi connectivity index (χ4v) is 7.28. The van der Waals surface area contributed by atoms with Crippen LogP contribution >= 0.6 is 0 Å².